The number of non-ortho nitro benzene ring substituents is 1. The smallest absolute Gasteiger partial charge is 0.270 e. The Bertz CT molecular complexity index is 648. The first-order chi connectivity index (χ1) is 8.97. The van der Waals surface area contributed by atoms with Crippen LogP contribution in [0.1, 0.15) is 16.1 Å². The van der Waals surface area contributed by atoms with Crippen LogP contribution >= 0.6 is 0 Å². The third-order valence-electron chi connectivity index (χ3n) is 2.58. The number of anilines is 1. The fourth-order valence-corrected chi connectivity index (χ4v) is 1.68. The minimum absolute atomic E-state index is 0.115. The molecule has 0 fully saturated rings. The van der Waals surface area contributed by atoms with Crippen LogP contribution in [0.15, 0.2) is 30.5 Å². The first kappa shape index (κ1) is 12.7. The number of benzene rings is 1. The molecule has 0 bridgehead atoms. The van der Waals surface area contributed by atoms with E-state index >= 15 is 0 Å². The Morgan fingerprint density at radius 3 is 2.79 bits per heavy atom. The fraction of sp³-hybridized carbons (Fsp3) is 0.167. The molecule has 1 aromatic carbocycles. The molecule has 2 rings (SSSR count). The molecule has 0 aliphatic carbocycles. The first-order valence-electron chi connectivity index (χ1n) is 5.53. The third kappa shape index (κ3) is 2.76. The minimum atomic E-state index is -0.536. The van der Waals surface area contributed by atoms with Crippen LogP contribution in [0.25, 0.3) is 0 Å². The minimum Gasteiger partial charge on any atom is -0.319 e. The third-order valence-corrected chi connectivity index (χ3v) is 2.58. The lowest BCUT2D eigenvalue weighted by Gasteiger charge is -2.03. The van der Waals surface area contributed by atoms with E-state index in [1.54, 1.807) is 24.9 Å². The number of rotatable bonds is 3. The summed E-state index contributed by atoms with van der Waals surface area (Å²) >= 11 is 0. The second-order valence-corrected chi connectivity index (χ2v) is 4.06. The van der Waals surface area contributed by atoms with Gasteiger partial charge in [0.25, 0.3) is 11.6 Å². The van der Waals surface area contributed by atoms with Gasteiger partial charge in [0.15, 0.2) is 0 Å². The number of nitrogens with zero attached hydrogens (tertiary/aromatic N) is 3. The standard InChI is InChI=1S/C12H12N4O3/c1-8-11(7-15(2)14-8)13-12(17)9-4-3-5-10(6-9)16(18)19/h3-7H,1-2H3,(H,13,17). The largest absolute Gasteiger partial charge is 0.319 e. The number of nitrogens with one attached hydrogen (secondary N) is 1. The molecule has 1 amide bonds. The van der Waals surface area contributed by atoms with Crippen LogP contribution in [0.4, 0.5) is 11.4 Å². The molecule has 0 aliphatic heterocycles. The van der Waals surface area contributed by atoms with E-state index in [-0.39, 0.29) is 11.3 Å². The lowest BCUT2D eigenvalue weighted by atomic mass is 10.2. The number of amides is 1. The quantitative estimate of drug-likeness (QED) is 0.674. The van der Waals surface area contributed by atoms with Gasteiger partial charge in [-0.05, 0) is 13.0 Å². The predicted molar refractivity (Wildman–Crippen MR) is 69.0 cm³/mol. The van der Waals surface area contributed by atoms with Crippen molar-refractivity contribution in [3.05, 3.63) is 51.8 Å². The van der Waals surface area contributed by atoms with Gasteiger partial charge in [0.05, 0.1) is 16.3 Å². The monoisotopic (exact) mass is 260 g/mol. The summed E-state index contributed by atoms with van der Waals surface area (Å²) in [6.07, 6.45) is 1.67. The summed E-state index contributed by atoms with van der Waals surface area (Å²) in [5.74, 6) is -0.403. The van der Waals surface area contributed by atoms with Crippen LogP contribution < -0.4 is 5.32 Å². The van der Waals surface area contributed by atoms with E-state index in [0.29, 0.717) is 11.4 Å². The van der Waals surface area contributed by atoms with Gasteiger partial charge in [-0.2, -0.15) is 5.10 Å². The van der Waals surface area contributed by atoms with Crippen molar-refractivity contribution in [3.63, 3.8) is 0 Å². The number of carbonyl (C=O) groups is 1. The molecule has 19 heavy (non-hydrogen) atoms. The molecule has 7 nitrogen and oxygen atoms in total. The molecule has 0 radical (unpaired) electrons. The van der Waals surface area contributed by atoms with Gasteiger partial charge in [-0.1, -0.05) is 6.07 Å². The topological polar surface area (TPSA) is 90.1 Å². The molecule has 98 valence electrons. The van der Waals surface area contributed by atoms with Crippen molar-refractivity contribution in [3.8, 4) is 0 Å². The molecule has 1 N–H and O–H groups in total. The van der Waals surface area contributed by atoms with Gasteiger partial charge < -0.3 is 5.32 Å². The summed E-state index contributed by atoms with van der Waals surface area (Å²) < 4.78 is 1.58. The summed E-state index contributed by atoms with van der Waals surface area (Å²) in [6.45, 7) is 1.77. The summed E-state index contributed by atoms with van der Waals surface area (Å²) in [5, 5.41) is 17.4. The normalized spacial score (nSPS) is 10.2. The second-order valence-electron chi connectivity index (χ2n) is 4.06. The van der Waals surface area contributed by atoms with Gasteiger partial charge in [-0.25, -0.2) is 0 Å². The molecule has 0 atom stereocenters. The van der Waals surface area contributed by atoms with Crippen LogP contribution in [-0.4, -0.2) is 20.6 Å². The molecule has 0 unspecified atom stereocenters. The zero-order valence-corrected chi connectivity index (χ0v) is 10.5. The highest BCUT2D eigenvalue weighted by Crippen LogP contribution is 2.16. The van der Waals surface area contributed by atoms with Gasteiger partial charge in [-0.3, -0.25) is 19.6 Å². The maximum atomic E-state index is 12.0. The Hall–Kier alpha value is -2.70. The summed E-state index contributed by atoms with van der Waals surface area (Å²) in [6, 6.07) is 5.57. The van der Waals surface area contributed by atoms with Crippen molar-refractivity contribution < 1.29 is 9.72 Å². The van der Waals surface area contributed by atoms with Crippen molar-refractivity contribution in [2.45, 2.75) is 6.92 Å². The lowest BCUT2D eigenvalue weighted by Crippen LogP contribution is -2.12. The van der Waals surface area contributed by atoms with Crippen LogP contribution in [0.3, 0.4) is 0 Å². The number of aryl methyl sites for hydroxylation is 2. The predicted octanol–water partition coefficient (Wildman–Crippen LogP) is 1.89. The molecule has 7 heteroatoms. The van der Waals surface area contributed by atoms with E-state index in [9.17, 15) is 14.9 Å². The average Bonchev–Trinajstić information content (AvgIpc) is 2.68. The van der Waals surface area contributed by atoms with E-state index in [4.69, 9.17) is 0 Å². The zero-order valence-electron chi connectivity index (χ0n) is 10.5. The number of nitro benzene ring substituents is 1. The molecule has 0 spiro atoms. The number of hydrogen-bond acceptors (Lipinski definition) is 4. The van der Waals surface area contributed by atoms with E-state index < -0.39 is 10.8 Å². The van der Waals surface area contributed by atoms with Crippen LogP contribution in [0.2, 0.25) is 0 Å². The zero-order chi connectivity index (χ0) is 14.0. The van der Waals surface area contributed by atoms with Gasteiger partial charge in [-0.15, -0.1) is 0 Å². The Labute approximate surface area is 109 Å². The molecule has 0 aliphatic rings. The molecule has 0 saturated heterocycles. The summed E-state index contributed by atoms with van der Waals surface area (Å²) in [4.78, 5) is 22.1. The molecule has 1 aromatic heterocycles. The molecule has 2 aromatic rings. The van der Waals surface area contributed by atoms with E-state index in [0.717, 1.165) is 0 Å². The highest BCUT2D eigenvalue weighted by Gasteiger charge is 2.13. The number of aromatic nitrogens is 2. The van der Waals surface area contributed by atoms with Crippen molar-refractivity contribution in [1.82, 2.24) is 9.78 Å². The van der Waals surface area contributed by atoms with Crippen molar-refractivity contribution >= 4 is 17.3 Å². The van der Waals surface area contributed by atoms with E-state index in [2.05, 4.69) is 10.4 Å². The Morgan fingerprint density at radius 1 is 1.47 bits per heavy atom. The van der Waals surface area contributed by atoms with Gasteiger partial charge in [0.1, 0.15) is 0 Å². The number of carbonyl (C=O) groups excluding carboxylic acids is 1. The first-order valence-corrected chi connectivity index (χ1v) is 5.53. The van der Waals surface area contributed by atoms with Crippen LogP contribution in [0, 0.1) is 17.0 Å². The van der Waals surface area contributed by atoms with Gasteiger partial charge >= 0.3 is 0 Å². The Balaban J connectivity index is 2.23. The highest BCUT2D eigenvalue weighted by molar-refractivity contribution is 6.04. The molecule has 0 saturated carbocycles. The summed E-state index contributed by atoms with van der Waals surface area (Å²) in [5.41, 5.74) is 1.38. The number of nitro groups is 1. The Kier molecular flexibility index (Phi) is 3.28. The molecule has 1 heterocycles. The molecular formula is C12H12N4O3. The highest BCUT2D eigenvalue weighted by atomic mass is 16.6. The number of hydrogen-bond donors (Lipinski definition) is 1. The summed E-state index contributed by atoms with van der Waals surface area (Å²) in [7, 11) is 1.75. The van der Waals surface area contributed by atoms with Crippen LogP contribution in [0.5, 0.6) is 0 Å². The SMILES string of the molecule is Cc1nn(C)cc1NC(=O)c1cccc([N+](=O)[O-])c1. The van der Waals surface area contributed by atoms with E-state index in [1.165, 1.54) is 24.3 Å². The fourth-order valence-electron chi connectivity index (χ4n) is 1.68. The van der Waals surface area contributed by atoms with Gasteiger partial charge in [0, 0.05) is 30.9 Å². The van der Waals surface area contributed by atoms with Gasteiger partial charge in [0.2, 0.25) is 0 Å². The maximum Gasteiger partial charge on any atom is 0.270 e. The maximum absolute atomic E-state index is 12.0. The lowest BCUT2D eigenvalue weighted by molar-refractivity contribution is -0.384. The second kappa shape index (κ2) is 4.89. The Morgan fingerprint density at radius 2 is 2.21 bits per heavy atom. The van der Waals surface area contributed by atoms with Crippen LogP contribution in [-0.2, 0) is 7.05 Å². The van der Waals surface area contributed by atoms with E-state index in [1.807, 2.05) is 0 Å². The van der Waals surface area contributed by atoms with Crippen molar-refractivity contribution in [1.29, 1.82) is 0 Å². The van der Waals surface area contributed by atoms with Crippen molar-refractivity contribution in [2.75, 3.05) is 5.32 Å². The van der Waals surface area contributed by atoms with Crippen molar-refractivity contribution in [2.24, 2.45) is 7.05 Å². The molecular weight excluding hydrogens is 248 g/mol. The average molecular weight is 260 g/mol.